The van der Waals surface area contributed by atoms with Gasteiger partial charge in [-0.05, 0) is 50.4 Å². The highest BCUT2D eigenvalue weighted by Crippen LogP contribution is 2.46. The normalized spacial score (nSPS) is 23.9. The van der Waals surface area contributed by atoms with Gasteiger partial charge in [-0.25, -0.2) is 8.78 Å². The highest BCUT2D eigenvalue weighted by atomic mass is 35.5. The number of fused-ring (bicyclic) bond motifs is 3. The van der Waals surface area contributed by atoms with E-state index in [4.69, 9.17) is 31.8 Å². The van der Waals surface area contributed by atoms with Crippen molar-refractivity contribution in [1.29, 1.82) is 5.26 Å². The van der Waals surface area contributed by atoms with Gasteiger partial charge in [0.2, 0.25) is 0 Å². The maximum Gasteiger partial charge on any atom is 0.319 e. The Bertz CT molecular complexity index is 1930. The van der Waals surface area contributed by atoms with Crippen LogP contribution in [-0.2, 0) is 4.74 Å². The number of nitrogens with two attached hydrogens (primary N) is 1. The predicted octanol–water partition coefficient (Wildman–Crippen LogP) is 5.66. The van der Waals surface area contributed by atoms with Crippen LogP contribution in [0.5, 0.6) is 6.01 Å². The number of nitrogens with zero attached hydrogens (tertiary/aromatic N) is 5. The van der Waals surface area contributed by atoms with Crippen molar-refractivity contribution in [1.82, 2.24) is 14.9 Å². The van der Waals surface area contributed by atoms with Crippen LogP contribution in [0.2, 0.25) is 5.02 Å². The summed E-state index contributed by atoms with van der Waals surface area (Å²) in [7, 11) is 0. The predicted molar refractivity (Wildman–Crippen MR) is 171 cm³/mol. The van der Waals surface area contributed by atoms with Crippen LogP contribution in [0.15, 0.2) is 30.4 Å². The van der Waals surface area contributed by atoms with Crippen molar-refractivity contribution < 1.29 is 23.4 Å². The summed E-state index contributed by atoms with van der Waals surface area (Å²) in [5.41, 5.74) is 5.96. The first-order valence-electron chi connectivity index (χ1n) is 14.7. The number of thiophene rings is 1. The van der Waals surface area contributed by atoms with Gasteiger partial charge in [0.05, 0.1) is 40.6 Å². The van der Waals surface area contributed by atoms with Gasteiger partial charge in [0.15, 0.2) is 5.82 Å². The minimum Gasteiger partial charge on any atom is -0.461 e. The van der Waals surface area contributed by atoms with Gasteiger partial charge in [-0.15, -0.1) is 11.3 Å². The Morgan fingerprint density at radius 1 is 1.31 bits per heavy atom. The van der Waals surface area contributed by atoms with Crippen LogP contribution in [0.4, 0.5) is 19.6 Å². The molecule has 3 aliphatic heterocycles. The fraction of sp³-hybridized carbons (Fsp3) is 0.406. The van der Waals surface area contributed by atoms with Gasteiger partial charge in [-0.2, -0.15) is 15.2 Å². The Labute approximate surface area is 267 Å². The summed E-state index contributed by atoms with van der Waals surface area (Å²) in [4.78, 5) is 13.5. The summed E-state index contributed by atoms with van der Waals surface area (Å²) in [6, 6.07) is 6.16. The maximum absolute atomic E-state index is 16.9. The van der Waals surface area contributed by atoms with Crippen molar-refractivity contribution in [2.75, 3.05) is 56.6 Å². The van der Waals surface area contributed by atoms with Crippen molar-refractivity contribution in [2.45, 2.75) is 37.3 Å². The SMILES string of the molecule is C=C1CN2CCC[C@@]2(COc2nc(N3CCOCC(C)(O)C3)c3cc(Cl)c(-c4ccc(F)c5sc(N)c(C#N)c45)c(F)c3n2)C1. The third kappa shape index (κ3) is 5.07. The molecule has 234 valence electrons. The van der Waals surface area contributed by atoms with E-state index in [2.05, 4.69) is 16.5 Å². The van der Waals surface area contributed by atoms with Crippen LogP contribution in [-0.4, -0.2) is 77.1 Å². The van der Waals surface area contributed by atoms with Crippen LogP contribution >= 0.6 is 22.9 Å². The molecule has 5 heterocycles. The highest BCUT2D eigenvalue weighted by molar-refractivity contribution is 7.23. The topological polar surface area (TPSA) is 121 Å². The number of aliphatic hydroxyl groups is 1. The number of halogens is 3. The van der Waals surface area contributed by atoms with E-state index in [-0.39, 0.29) is 67.0 Å². The van der Waals surface area contributed by atoms with E-state index in [1.807, 2.05) is 11.0 Å². The zero-order valence-corrected chi connectivity index (χ0v) is 26.2. The second-order valence-electron chi connectivity index (χ2n) is 12.5. The molecule has 0 radical (unpaired) electrons. The molecule has 7 rings (SSSR count). The van der Waals surface area contributed by atoms with Gasteiger partial charge >= 0.3 is 6.01 Å². The van der Waals surface area contributed by atoms with Crippen molar-refractivity contribution in [3.63, 3.8) is 0 Å². The number of anilines is 2. The molecule has 45 heavy (non-hydrogen) atoms. The average Bonchev–Trinajstić information content (AvgIpc) is 3.59. The van der Waals surface area contributed by atoms with Crippen molar-refractivity contribution in [2.24, 2.45) is 0 Å². The van der Waals surface area contributed by atoms with Gasteiger partial charge in [0.1, 0.15) is 40.4 Å². The molecule has 0 spiro atoms. The Hall–Kier alpha value is -3.60. The lowest BCUT2D eigenvalue weighted by Crippen LogP contribution is -2.44. The van der Waals surface area contributed by atoms with Crippen LogP contribution in [0.25, 0.3) is 32.1 Å². The van der Waals surface area contributed by atoms with Crippen LogP contribution in [0.1, 0.15) is 31.7 Å². The molecule has 0 amide bonds. The molecule has 2 aromatic heterocycles. The average molecular weight is 653 g/mol. The van der Waals surface area contributed by atoms with E-state index in [0.717, 1.165) is 49.3 Å². The molecule has 2 aromatic carbocycles. The van der Waals surface area contributed by atoms with E-state index in [1.165, 1.54) is 12.1 Å². The van der Waals surface area contributed by atoms with Crippen LogP contribution in [0, 0.1) is 23.0 Å². The third-order valence-corrected chi connectivity index (χ3v) is 10.3. The number of β-amino-alcohol motifs (C(OH)–C–C–N with tert-alkyl or cyclic N) is 1. The molecule has 1 unspecified atom stereocenters. The maximum atomic E-state index is 16.9. The lowest BCUT2D eigenvalue weighted by atomic mass is 9.94. The molecule has 3 saturated heterocycles. The molecule has 0 bridgehead atoms. The Kier molecular flexibility index (Phi) is 7.37. The van der Waals surface area contributed by atoms with Crippen molar-refractivity contribution >= 4 is 54.7 Å². The van der Waals surface area contributed by atoms with E-state index < -0.39 is 17.2 Å². The molecule has 3 fully saturated rings. The number of ether oxygens (including phenoxy) is 2. The van der Waals surface area contributed by atoms with Gasteiger partial charge < -0.3 is 25.2 Å². The number of nitrogen functional groups attached to an aromatic ring is 1. The Balaban J connectivity index is 1.41. The fourth-order valence-electron chi connectivity index (χ4n) is 7.05. The minimum absolute atomic E-state index is 0.0166. The molecule has 3 N–H and O–H groups in total. The molecule has 9 nitrogen and oxygen atoms in total. The largest absolute Gasteiger partial charge is 0.461 e. The second kappa shape index (κ2) is 11.0. The summed E-state index contributed by atoms with van der Waals surface area (Å²) in [6.45, 7) is 8.91. The monoisotopic (exact) mass is 652 g/mol. The zero-order chi connectivity index (χ0) is 31.7. The number of benzene rings is 2. The molecule has 0 aliphatic carbocycles. The van der Waals surface area contributed by atoms with Gasteiger partial charge in [0, 0.05) is 29.4 Å². The summed E-state index contributed by atoms with van der Waals surface area (Å²) in [5.74, 6) is -1.01. The Morgan fingerprint density at radius 2 is 2.13 bits per heavy atom. The Morgan fingerprint density at radius 3 is 2.93 bits per heavy atom. The first kappa shape index (κ1) is 30.1. The van der Waals surface area contributed by atoms with E-state index in [0.29, 0.717) is 31.0 Å². The summed E-state index contributed by atoms with van der Waals surface area (Å²) in [5, 5.41) is 21.4. The van der Waals surface area contributed by atoms with Crippen LogP contribution in [0.3, 0.4) is 0 Å². The zero-order valence-electron chi connectivity index (χ0n) is 24.6. The van der Waals surface area contributed by atoms with Crippen molar-refractivity contribution in [3.05, 3.63) is 52.6 Å². The number of aromatic nitrogens is 2. The van der Waals surface area contributed by atoms with E-state index in [9.17, 15) is 14.8 Å². The summed E-state index contributed by atoms with van der Waals surface area (Å²) >= 11 is 7.73. The van der Waals surface area contributed by atoms with E-state index in [1.54, 1.807) is 13.0 Å². The minimum atomic E-state index is -1.20. The molecule has 3 aliphatic rings. The van der Waals surface area contributed by atoms with Crippen LogP contribution < -0.4 is 15.4 Å². The lowest BCUT2D eigenvalue weighted by Gasteiger charge is -2.31. The second-order valence-corrected chi connectivity index (χ2v) is 13.9. The van der Waals surface area contributed by atoms with Gasteiger partial charge in [-0.3, -0.25) is 4.90 Å². The molecule has 2 atom stereocenters. The highest BCUT2D eigenvalue weighted by Gasteiger charge is 2.46. The lowest BCUT2D eigenvalue weighted by molar-refractivity contribution is -0.0123. The number of hydrogen-bond donors (Lipinski definition) is 2. The smallest absolute Gasteiger partial charge is 0.319 e. The quantitative estimate of drug-likeness (QED) is 0.263. The van der Waals surface area contributed by atoms with Crippen molar-refractivity contribution in [3.8, 4) is 23.2 Å². The van der Waals surface area contributed by atoms with Gasteiger partial charge in [-0.1, -0.05) is 29.8 Å². The van der Waals surface area contributed by atoms with Gasteiger partial charge in [0.25, 0.3) is 0 Å². The first-order valence-corrected chi connectivity index (χ1v) is 15.9. The molecule has 13 heteroatoms. The third-order valence-electron chi connectivity index (χ3n) is 9.00. The fourth-order valence-corrected chi connectivity index (χ4v) is 8.29. The molecule has 4 aromatic rings. The number of rotatable bonds is 5. The summed E-state index contributed by atoms with van der Waals surface area (Å²) < 4.78 is 43.8. The first-order chi connectivity index (χ1) is 21.5. The molecular formula is C32H31ClF2N6O3S. The summed E-state index contributed by atoms with van der Waals surface area (Å²) in [6.07, 6.45) is 2.79. The standard InChI is InChI=1S/C32H31ClF2N6O3S/c1-17-11-32(6-3-7-41(32)13-17)16-44-30-38-26-19(29(39-30)40-8-9-43-15-31(2,42)14-40)10-21(33)24(25(26)35)18-4-5-22(34)27-23(18)20(12-36)28(37)45-27/h4-5,10,42H,1,3,6-9,11,13-16,37H2,2H3/t31?,32-/m0/s1. The number of hydrogen-bond acceptors (Lipinski definition) is 10. The number of nitriles is 1. The molecular weight excluding hydrogens is 622 g/mol. The molecule has 0 saturated carbocycles. The van der Waals surface area contributed by atoms with E-state index >= 15 is 4.39 Å².